The molecule has 1 aromatic carbocycles. The molecular weight excluding hydrogens is 347 g/mol. The van der Waals surface area contributed by atoms with Gasteiger partial charge >= 0.3 is 12.1 Å². The van der Waals surface area contributed by atoms with E-state index < -0.39 is 38.5 Å². The SMILES string of the molecule is CCOC(=O)C1CCCN(S(=O)(=O)c2cccc(C(F)(F)F)c2)C1. The normalized spacial score (nSPS) is 19.9. The van der Waals surface area contributed by atoms with E-state index in [2.05, 4.69) is 0 Å². The first-order chi connectivity index (χ1) is 11.2. The van der Waals surface area contributed by atoms with Gasteiger partial charge in [0.05, 0.1) is 23.0 Å². The topological polar surface area (TPSA) is 63.7 Å². The third-order valence-electron chi connectivity index (χ3n) is 3.80. The Kier molecular flexibility index (Phi) is 5.54. The zero-order chi connectivity index (χ0) is 18.0. The van der Waals surface area contributed by atoms with E-state index in [1.165, 1.54) is 0 Å². The summed E-state index contributed by atoms with van der Waals surface area (Å²) in [4.78, 5) is 11.4. The van der Waals surface area contributed by atoms with E-state index >= 15 is 0 Å². The molecule has 5 nitrogen and oxygen atoms in total. The number of piperidine rings is 1. The molecule has 0 radical (unpaired) electrons. The standard InChI is InChI=1S/C15H18F3NO4S/c1-2-23-14(20)11-5-4-8-19(10-11)24(21,22)13-7-3-6-12(9-13)15(16,17)18/h3,6-7,9,11H,2,4-5,8,10H2,1H3. The Morgan fingerprint density at radius 1 is 1.38 bits per heavy atom. The molecule has 1 unspecified atom stereocenters. The van der Waals surface area contributed by atoms with Crippen LogP contribution in [-0.4, -0.2) is 38.4 Å². The average Bonchev–Trinajstić information content (AvgIpc) is 2.54. The number of halogens is 3. The van der Waals surface area contributed by atoms with Crippen molar-refractivity contribution in [3.05, 3.63) is 29.8 Å². The number of sulfonamides is 1. The second-order valence-corrected chi connectivity index (χ2v) is 7.42. The minimum absolute atomic E-state index is 0.0859. The zero-order valence-corrected chi connectivity index (χ0v) is 13.9. The lowest BCUT2D eigenvalue weighted by atomic mass is 10.0. The van der Waals surface area contributed by atoms with Gasteiger partial charge in [-0.15, -0.1) is 0 Å². The number of ether oxygens (including phenoxy) is 1. The van der Waals surface area contributed by atoms with E-state index in [-0.39, 0.29) is 19.7 Å². The van der Waals surface area contributed by atoms with E-state index in [1.54, 1.807) is 6.92 Å². The summed E-state index contributed by atoms with van der Waals surface area (Å²) in [5, 5.41) is 0. The van der Waals surface area contributed by atoms with Crippen molar-refractivity contribution in [2.75, 3.05) is 19.7 Å². The van der Waals surface area contributed by atoms with Crippen LogP contribution in [0, 0.1) is 5.92 Å². The van der Waals surface area contributed by atoms with Crippen LogP contribution >= 0.6 is 0 Å². The molecule has 1 aromatic rings. The van der Waals surface area contributed by atoms with Gasteiger partial charge in [0.1, 0.15) is 0 Å². The molecule has 2 rings (SSSR count). The van der Waals surface area contributed by atoms with Gasteiger partial charge in [0.25, 0.3) is 0 Å². The van der Waals surface area contributed by atoms with Crippen LogP contribution in [0.15, 0.2) is 29.2 Å². The van der Waals surface area contributed by atoms with Crippen LogP contribution in [0.25, 0.3) is 0 Å². The van der Waals surface area contributed by atoms with Crippen LogP contribution in [0.5, 0.6) is 0 Å². The number of alkyl halides is 3. The van der Waals surface area contributed by atoms with Gasteiger partial charge in [-0.3, -0.25) is 4.79 Å². The molecule has 0 spiro atoms. The quantitative estimate of drug-likeness (QED) is 0.770. The Bertz CT molecular complexity index is 703. The van der Waals surface area contributed by atoms with Gasteiger partial charge in [0.15, 0.2) is 0 Å². The van der Waals surface area contributed by atoms with Gasteiger partial charge in [-0.25, -0.2) is 8.42 Å². The first-order valence-corrected chi connectivity index (χ1v) is 8.94. The molecule has 0 amide bonds. The molecule has 134 valence electrons. The third kappa shape index (κ3) is 4.07. The first kappa shape index (κ1) is 18.7. The van der Waals surface area contributed by atoms with Crippen LogP contribution in [0.4, 0.5) is 13.2 Å². The number of nitrogens with zero attached hydrogens (tertiary/aromatic N) is 1. The number of rotatable bonds is 4. The molecule has 0 aromatic heterocycles. The monoisotopic (exact) mass is 365 g/mol. The predicted molar refractivity (Wildman–Crippen MR) is 79.6 cm³/mol. The molecule has 1 fully saturated rings. The Morgan fingerprint density at radius 2 is 2.08 bits per heavy atom. The second kappa shape index (κ2) is 7.10. The highest BCUT2D eigenvalue weighted by Crippen LogP contribution is 2.32. The van der Waals surface area contributed by atoms with Gasteiger partial charge in [0.2, 0.25) is 10.0 Å². The lowest BCUT2D eigenvalue weighted by Gasteiger charge is -2.30. The molecular formula is C15H18F3NO4S. The highest BCUT2D eigenvalue weighted by atomic mass is 32.2. The molecule has 0 bridgehead atoms. The smallest absolute Gasteiger partial charge is 0.416 e. The second-order valence-electron chi connectivity index (χ2n) is 5.48. The third-order valence-corrected chi connectivity index (χ3v) is 5.66. The van der Waals surface area contributed by atoms with E-state index in [0.29, 0.717) is 18.9 Å². The van der Waals surface area contributed by atoms with Crippen LogP contribution in [-0.2, 0) is 25.7 Å². The summed E-state index contributed by atoms with van der Waals surface area (Å²) < 4.78 is 69.5. The number of carbonyl (C=O) groups is 1. The predicted octanol–water partition coefficient (Wildman–Crippen LogP) is 2.67. The fourth-order valence-corrected chi connectivity index (χ4v) is 4.17. The van der Waals surface area contributed by atoms with Crippen LogP contribution < -0.4 is 0 Å². The molecule has 0 saturated carbocycles. The number of hydrogen-bond acceptors (Lipinski definition) is 4. The van der Waals surface area contributed by atoms with Crippen LogP contribution in [0.1, 0.15) is 25.3 Å². The number of hydrogen-bond donors (Lipinski definition) is 0. The maximum Gasteiger partial charge on any atom is 0.416 e. The Morgan fingerprint density at radius 3 is 2.71 bits per heavy atom. The van der Waals surface area contributed by atoms with E-state index in [1.807, 2.05) is 0 Å². The Balaban J connectivity index is 2.25. The van der Waals surface area contributed by atoms with E-state index in [4.69, 9.17) is 4.74 Å². The number of benzene rings is 1. The Hall–Kier alpha value is -1.61. The molecule has 1 heterocycles. The van der Waals surface area contributed by atoms with Crippen molar-refractivity contribution in [3.8, 4) is 0 Å². The summed E-state index contributed by atoms with van der Waals surface area (Å²) in [5.74, 6) is -1.08. The van der Waals surface area contributed by atoms with Gasteiger partial charge in [-0.2, -0.15) is 17.5 Å². The van der Waals surface area contributed by atoms with Crippen molar-refractivity contribution < 1.29 is 31.1 Å². The summed E-state index contributed by atoms with van der Waals surface area (Å²) in [6, 6.07) is 3.61. The highest BCUT2D eigenvalue weighted by Gasteiger charge is 2.36. The molecule has 1 aliphatic heterocycles. The van der Waals surface area contributed by atoms with Gasteiger partial charge in [0, 0.05) is 13.1 Å². The van der Waals surface area contributed by atoms with Gasteiger partial charge in [-0.05, 0) is 38.0 Å². The average molecular weight is 365 g/mol. The first-order valence-electron chi connectivity index (χ1n) is 7.50. The summed E-state index contributed by atoms with van der Waals surface area (Å²) in [7, 11) is -4.10. The van der Waals surface area contributed by atoms with Crippen molar-refractivity contribution in [1.29, 1.82) is 0 Å². The maximum absolute atomic E-state index is 12.8. The Labute approximate surface area is 138 Å². The van der Waals surface area contributed by atoms with Crippen molar-refractivity contribution in [2.24, 2.45) is 5.92 Å². The van der Waals surface area contributed by atoms with Gasteiger partial charge < -0.3 is 4.74 Å². The van der Waals surface area contributed by atoms with Gasteiger partial charge in [-0.1, -0.05) is 6.07 Å². The van der Waals surface area contributed by atoms with Crippen molar-refractivity contribution in [1.82, 2.24) is 4.31 Å². The largest absolute Gasteiger partial charge is 0.466 e. The summed E-state index contributed by atoms with van der Waals surface area (Å²) in [6.07, 6.45) is -3.68. The number of carbonyl (C=O) groups excluding carboxylic acids is 1. The minimum atomic E-state index is -4.62. The maximum atomic E-state index is 12.8. The lowest BCUT2D eigenvalue weighted by Crippen LogP contribution is -2.42. The molecule has 9 heteroatoms. The zero-order valence-electron chi connectivity index (χ0n) is 13.0. The molecule has 1 atom stereocenters. The molecule has 0 N–H and O–H groups in total. The van der Waals surface area contributed by atoms with Crippen molar-refractivity contribution >= 4 is 16.0 Å². The highest BCUT2D eigenvalue weighted by molar-refractivity contribution is 7.89. The van der Waals surface area contributed by atoms with Crippen LogP contribution in [0.2, 0.25) is 0 Å². The molecule has 0 aliphatic carbocycles. The molecule has 1 aliphatic rings. The lowest BCUT2D eigenvalue weighted by molar-refractivity contribution is -0.149. The van der Waals surface area contributed by atoms with Crippen molar-refractivity contribution in [2.45, 2.75) is 30.8 Å². The fraction of sp³-hybridized carbons (Fsp3) is 0.533. The van der Waals surface area contributed by atoms with E-state index in [0.717, 1.165) is 22.5 Å². The minimum Gasteiger partial charge on any atom is -0.466 e. The molecule has 1 saturated heterocycles. The molecule has 24 heavy (non-hydrogen) atoms. The van der Waals surface area contributed by atoms with E-state index in [9.17, 15) is 26.4 Å². The fourth-order valence-electron chi connectivity index (χ4n) is 2.60. The van der Waals surface area contributed by atoms with Crippen molar-refractivity contribution in [3.63, 3.8) is 0 Å². The van der Waals surface area contributed by atoms with Crippen LogP contribution in [0.3, 0.4) is 0 Å². The number of esters is 1. The summed E-state index contributed by atoms with van der Waals surface area (Å²) >= 11 is 0. The summed E-state index contributed by atoms with van der Waals surface area (Å²) in [5.41, 5.74) is -1.03. The summed E-state index contributed by atoms with van der Waals surface area (Å²) in [6.45, 7) is 1.92.